The number of anilines is 2. The van der Waals surface area contributed by atoms with E-state index in [-0.39, 0.29) is 17.4 Å². The van der Waals surface area contributed by atoms with Crippen LogP contribution in [0, 0.1) is 10.1 Å². The third kappa shape index (κ3) is 4.05. The number of benzene rings is 3. The molecule has 4 aromatic rings. The van der Waals surface area contributed by atoms with Gasteiger partial charge in [-0.2, -0.15) is 4.98 Å². The summed E-state index contributed by atoms with van der Waals surface area (Å²) in [5.41, 5.74) is 1.55. The lowest BCUT2D eigenvalue weighted by Crippen LogP contribution is -2.03. The summed E-state index contributed by atoms with van der Waals surface area (Å²) in [6.07, 6.45) is 1.24. The van der Waals surface area contributed by atoms with E-state index in [1.165, 1.54) is 11.9 Å². The third-order valence-electron chi connectivity index (χ3n) is 4.75. The Kier molecular flexibility index (Phi) is 5.26. The van der Waals surface area contributed by atoms with Crippen molar-refractivity contribution >= 4 is 28.0 Å². The monoisotopic (exact) mass is 400 g/mol. The summed E-state index contributed by atoms with van der Waals surface area (Å²) in [5.74, 6) is 0.812. The SMILES string of the molecule is CC(C)c1ccc(Nc2ncnc(Oc3ccc4ccccc4c3)c2[N+](=O)[O-])cc1. The Balaban J connectivity index is 1.66. The van der Waals surface area contributed by atoms with Crippen LogP contribution < -0.4 is 10.1 Å². The number of nitrogens with one attached hydrogen (secondary N) is 1. The predicted octanol–water partition coefficient (Wildman–Crippen LogP) is 6.20. The van der Waals surface area contributed by atoms with Crippen LogP contribution in [0.15, 0.2) is 73.1 Å². The van der Waals surface area contributed by atoms with Gasteiger partial charge in [0.2, 0.25) is 5.82 Å². The highest BCUT2D eigenvalue weighted by atomic mass is 16.6. The van der Waals surface area contributed by atoms with Gasteiger partial charge in [0, 0.05) is 5.69 Å². The Morgan fingerprint density at radius 2 is 1.70 bits per heavy atom. The van der Waals surface area contributed by atoms with Crippen LogP contribution in [0.25, 0.3) is 10.8 Å². The number of hydrogen-bond donors (Lipinski definition) is 1. The van der Waals surface area contributed by atoms with Gasteiger partial charge in [0.1, 0.15) is 12.1 Å². The van der Waals surface area contributed by atoms with E-state index < -0.39 is 4.92 Å². The molecular formula is C23H20N4O3. The van der Waals surface area contributed by atoms with Gasteiger partial charge >= 0.3 is 11.6 Å². The van der Waals surface area contributed by atoms with Gasteiger partial charge in [-0.15, -0.1) is 0 Å². The molecule has 4 rings (SSSR count). The summed E-state index contributed by atoms with van der Waals surface area (Å²) in [6, 6.07) is 21.0. The summed E-state index contributed by atoms with van der Waals surface area (Å²) in [7, 11) is 0. The molecule has 1 N–H and O–H groups in total. The summed E-state index contributed by atoms with van der Waals surface area (Å²) >= 11 is 0. The maximum Gasteiger partial charge on any atom is 0.373 e. The first kappa shape index (κ1) is 19.3. The molecule has 30 heavy (non-hydrogen) atoms. The molecule has 0 amide bonds. The zero-order valence-electron chi connectivity index (χ0n) is 16.6. The molecule has 0 radical (unpaired) electrons. The van der Waals surface area contributed by atoms with Crippen LogP contribution in [0.5, 0.6) is 11.6 Å². The molecule has 0 aliphatic rings. The first-order valence-corrected chi connectivity index (χ1v) is 9.54. The fraction of sp³-hybridized carbons (Fsp3) is 0.130. The van der Waals surface area contributed by atoms with Crippen molar-refractivity contribution in [3.63, 3.8) is 0 Å². The maximum absolute atomic E-state index is 11.8. The Hall–Kier alpha value is -4.00. The Bertz CT molecular complexity index is 1210. The van der Waals surface area contributed by atoms with Crippen LogP contribution in [-0.4, -0.2) is 14.9 Å². The molecule has 0 fully saturated rings. The predicted molar refractivity (Wildman–Crippen MR) is 117 cm³/mol. The van der Waals surface area contributed by atoms with Crippen LogP contribution in [0.1, 0.15) is 25.3 Å². The Morgan fingerprint density at radius 3 is 2.40 bits per heavy atom. The number of aromatic nitrogens is 2. The van der Waals surface area contributed by atoms with E-state index in [9.17, 15) is 10.1 Å². The molecule has 0 bridgehead atoms. The van der Waals surface area contributed by atoms with Gasteiger partial charge in [-0.25, -0.2) is 4.98 Å². The molecule has 1 aromatic heterocycles. The number of fused-ring (bicyclic) bond motifs is 1. The van der Waals surface area contributed by atoms with E-state index in [1.807, 2.05) is 60.7 Å². The second-order valence-corrected chi connectivity index (χ2v) is 7.15. The van der Waals surface area contributed by atoms with Crippen LogP contribution >= 0.6 is 0 Å². The van der Waals surface area contributed by atoms with Gasteiger partial charge in [-0.05, 0) is 46.5 Å². The van der Waals surface area contributed by atoms with E-state index in [0.717, 1.165) is 10.8 Å². The highest BCUT2D eigenvalue weighted by Crippen LogP contribution is 2.36. The summed E-state index contributed by atoms with van der Waals surface area (Å²) in [5, 5.41) is 16.8. The average molecular weight is 400 g/mol. The molecule has 0 spiro atoms. The minimum atomic E-state index is -0.540. The molecular weight excluding hydrogens is 380 g/mol. The molecule has 0 saturated heterocycles. The Morgan fingerprint density at radius 1 is 0.967 bits per heavy atom. The van der Waals surface area contributed by atoms with Gasteiger partial charge in [0.15, 0.2) is 0 Å². The summed E-state index contributed by atoms with van der Waals surface area (Å²) < 4.78 is 5.78. The average Bonchev–Trinajstić information content (AvgIpc) is 2.74. The number of ether oxygens (including phenoxy) is 1. The van der Waals surface area contributed by atoms with E-state index in [4.69, 9.17) is 4.74 Å². The molecule has 1 heterocycles. The van der Waals surface area contributed by atoms with Crippen molar-refractivity contribution < 1.29 is 9.66 Å². The van der Waals surface area contributed by atoms with E-state index >= 15 is 0 Å². The normalized spacial score (nSPS) is 10.9. The smallest absolute Gasteiger partial charge is 0.373 e. The van der Waals surface area contributed by atoms with E-state index in [2.05, 4.69) is 29.1 Å². The van der Waals surface area contributed by atoms with Crippen LogP contribution in [0.3, 0.4) is 0 Å². The van der Waals surface area contributed by atoms with Crippen LogP contribution in [-0.2, 0) is 0 Å². The minimum absolute atomic E-state index is 0.0723. The first-order valence-electron chi connectivity index (χ1n) is 9.54. The lowest BCUT2D eigenvalue weighted by molar-refractivity contribution is -0.385. The molecule has 7 nitrogen and oxygen atoms in total. The van der Waals surface area contributed by atoms with E-state index in [0.29, 0.717) is 17.4 Å². The maximum atomic E-state index is 11.8. The second kappa shape index (κ2) is 8.16. The standard InChI is InChI=1S/C23H20N4O3/c1-15(2)16-7-10-19(11-8-16)26-22-21(27(28)29)23(25-14-24-22)30-20-12-9-17-5-3-4-6-18(17)13-20/h3-15H,1-2H3,(H,24,25,26). The van der Waals surface area contributed by atoms with Crippen molar-refractivity contribution in [3.05, 3.63) is 88.7 Å². The molecule has 0 aliphatic heterocycles. The zero-order chi connectivity index (χ0) is 21.1. The molecule has 150 valence electrons. The van der Waals surface area contributed by atoms with Crippen LogP contribution in [0.2, 0.25) is 0 Å². The molecule has 0 aliphatic carbocycles. The molecule has 3 aromatic carbocycles. The van der Waals surface area contributed by atoms with Gasteiger partial charge < -0.3 is 10.1 Å². The number of nitrogens with zero attached hydrogens (tertiary/aromatic N) is 3. The van der Waals surface area contributed by atoms with Crippen molar-refractivity contribution in [2.24, 2.45) is 0 Å². The Labute approximate surface area is 173 Å². The lowest BCUT2D eigenvalue weighted by atomic mass is 10.0. The van der Waals surface area contributed by atoms with Crippen molar-refractivity contribution in [1.82, 2.24) is 9.97 Å². The summed E-state index contributed by atoms with van der Waals surface area (Å²) in [6.45, 7) is 4.21. The molecule has 0 atom stereocenters. The highest BCUT2D eigenvalue weighted by molar-refractivity contribution is 5.83. The second-order valence-electron chi connectivity index (χ2n) is 7.15. The topological polar surface area (TPSA) is 90.2 Å². The number of rotatable bonds is 6. The molecule has 0 unspecified atom stereocenters. The van der Waals surface area contributed by atoms with Crippen LogP contribution in [0.4, 0.5) is 17.2 Å². The summed E-state index contributed by atoms with van der Waals surface area (Å²) in [4.78, 5) is 19.3. The van der Waals surface area contributed by atoms with Crippen molar-refractivity contribution in [3.8, 4) is 11.6 Å². The fourth-order valence-corrected chi connectivity index (χ4v) is 3.12. The minimum Gasteiger partial charge on any atom is -0.434 e. The molecule has 7 heteroatoms. The quantitative estimate of drug-likeness (QED) is 0.306. The van der Waals surface area contributed by atoms with Gasteiger partial charge in [0.05, 0.1) is 4.92 Å². The first-order chi connectivity index (χ1) is 14.5. The number of hydrogen-bond acceptors (Lipinski definition) is 6. The highest BCUT2D eigenvalue weighted by Gasteiger charge is 2.25. The number of nitro groups is 1. The van der Waals surface area contributed by atoms with Gasteiger partial charge in [-0.3, -0.25) is 10.1 Å². The fourth-order valence-electron chi connectivity index (χ4n) is 3.12. The largest absolute Gasteiger partial charge is 0.434 e. The van der Waals surface area contributed by atoms with Gasteiger partial charge in [-0.1, -0.05) is 56.3 Å². The lowest BCUT2D eigenvalue weighted by Gasteiger charge is -2.11. The van der Waals surface area contributed by atoms with Crippen molar-refractivity contribution in [2.75, 3.05) is 5.32 Å². The molecule has 0 saturated carbocycles. The van der Waals surface area contributed by atoms with Crippen molar-refractivity contribution in [1.29, 1.82) is 0 Å². The third-order valence-corrected chi connectivity index (χ3v) is 4.75. The van der Waals surface area contributed by atoms with Gasteiger partial charge in [0.25, 0.3) is 0 Å². The zero-order valence-corrected chi connectivity index (χ0v) is 16.6. The van der Waals surface area contributed by atoms with Crippen molar-refractivity contribution in [2.45, 2.75) is 19.8 Å². The van der Waals surface area contributed by atoms with E-state index in [1.54, 1.807) is 6.07 Å².